The van der Waals surface area contributed by atoms with Crippen LogP contribution in [0.5, 0.6) is 17.2 Å². The van der Waals surface area contributed by atoms with Crippen LogP contribution in [0, 0.1) is 34.6 Å². The highest BCUT2D eigenvalue weighted by Crippen LogP contribution is 2.44. The molecule has 0 saturated heterocycles. The summed E-state index contributed by atoms with van der Waals surface area (Å²) in [6, 6.07) is 25.1. The first-order valence-electron chi connectivity index (χ1n) is 22.5. The molecule has 0 bridgehead atoms. The van der Waals surface area contributed by atoms with E-state index in [1.807, 2.05) is 0 Å². The van der Waals surface area contributed by atoms with Crippen molar-refractivity contribution >= 4 is 108 Å². The van der Waals surface area contributed by atoms with Crippen molar-refractivity contribution < 1.29 is 66.5 Å². The summed E-state index contributed by atoms with van der Waals surface area (Å²) in [5.41, 5.74) is 5.06. The van der Waals surface area contributed by atoms with Crippen LogP contribution in [0.15, 0.2) is 159 Å². The molecule has 0 fully saturated rings. The summed E-state index contributed by atoms with van der Waals surface area (Å²) in [4.78, 5) is -2.44. The molecule has 0 aliphatic carbocycles. The maximum atomic E-state index is 12.6. The molecule has 402 valence electrons. The molecular weight excluding hydrogens is 1080 g/mol. The highest BCUT2D eigenvalue weighted by Gasteiger charge is 2.24. The topological polar surface area (TPSA) is 367 Å². The largest absolute Gasteiger partial charge is 0.505 e. The number of methoxy groups -OCH3 is 1. The van der Waals surface area contributed by atoms with E-state index in [0.29, 0.717) is 73.5 Å². The van der Waals surface area contributed by atoms with Gasteiger partial charge in [0, 0.05) is 22.8 Å². The summed E-state index contributed by atoms with van der Waals surface area (Å²) in [6.45, 7) is 8.36. The number of phenolic OH excluding ortho intramolecular Hbond substituents is 1. The number of nitrogens with zero attached hydrogens (tertiary/aromatic N) is 8. The van der Waals surface area contributed by atoms with Crippen molar-refractivity contribution in [3.63, 3.8) is 0 Å². The Hall–Kier alpha value is -7.96. The quantitative estimate of drug-likeness (QED) is 0.0249. The van der Waals surface area contributed by atoms with E-state index in [-0.39, 0.29) is 35.5 Å². The molecule has 28 heteroatoms. The van der Waals surface area contributed by atoms with Crippen LogP contribution in [0.4, 0.5) is 56.9 Å². The van der Waals surface area contributed by atoms with Crippen molar-refractivity contribution in [3.8, 4) is 17.2 Å². The number of rotatable bonds is 19. The number of nitrogens with one attached hydrogen (secondary N) is 1. The second kappa shape index (κ2) is 22.7. The normalized spacial score (nSPS) is 12.7. The number of hydrogen-bond acceptors (Lipinski definition) is 20. The molecule has 0 aliphatic heterocycles. The maximum Gasteiger partial charge on any atom is 0.296 e. The zero-order valence-corrected chi connectivity index (χ0v) is 44.7. The average molecular weight is 1130 g/mol. The molecule has 0 unspecified atom stereocenters. The molecule has 77 heavy (non-hydrogen) atoms. The number of benzene rings is 7. The summed E-state index contributed by atoms with van der Waals surface area (Å²) in [5, 5.41) is 49.1. The Morgan fingerprint density at radius 2 is 0.948 bits per heavy atom. The SMILES string of the molecule is COc1ccc(Nc2ccc3c(O)c(/N=N/c4cc(C)c(N=Nc5cc(C)c(N=Nc6cc(C)c(N=Nc7ccc(S(=O)(=O)O)cc7S(=O)(=O)O)cc6OCCCS(=O)(=O)O)cc5C)cc4C)c(S(=O)(=O)O)cc3c2)cc1. The Morgan fingerprint density at radius 3 is 1.44 bits per heavy atom. The Morgan fingerprint density at radius 1 is 0.481 bits per heavy atom. The summed E-state index contributed by atoms with van der Waals surface area (Å²) in [6.07, 6.45) is -0.133. The van der Waals surface area contributed by atoms with Gasteiger partial charge in [-0.1, -0.05) is 0 Å². The molecular formula is C49H47N9O15S4. The molecule has 0 radical (unpaired) electrons. The van der Waals surface area contributed by atoms with Gasteiger partial charge in [0.15, 0.2) is 5.75 Å². The van der Waals surface area contributed by atoms with E-state index in [1.54, 1.807) is 108 Å². The third kappa shape index (κ3) is 14.3. The van der Waals surface area contributed by atoms with Crippen LogP contribution in [0.2, 0.25) is 0 Å². The zero-order valence-electron chi connectivity index (χ0n) is 41.5. The second-order valence-corrected chi connectivity index (χ2v) is 22.9. The minimum Gasteiger partial charge on any atom is -0.505 e. The van der Waals surface area contributed by atoms with Crippen LogP contribution in [-0.4, -0.2) is 76.5 Å². The lowest BCUT2D eigenvalue weighted by atomic mass is 10.1. The molecule has 24 nitrogen and oxygen atoms in total. The van der Waals surface area contributed by atoms with Crippen molar-refractivity contribution in [1.29, 1.82) is 0 Å². The Labute approximate surface area is 442 Å². The van der Waals surface area contributed by atoms with Crippen LogP contribution < -0.4 is 14.8 Å². The predicted molar refractivity (Wildman–Crippen MR) is 284 cm³/mol. The smallest absolute Gasteiger partial charge is 0.296 e. The monoisotopic (exact) mass is 1130 g/mol. The first-order chi connectivity index (χ1) is 36.1. The van der Waals surface area contributed by atoms with Gasteiger partial charge >= 0.3 is 0 Å². The molecule has 0 saturated carbocycles. The van der Waals surface area contributed by atoms with Gasteiger partial charge in [-0.15, -0.1) is 15.3 Å². The first kappa shape index (κ1) is 56.8. The van der Waals surface area contributed by atoms with E-state index >= 15 is 0 Å². The van der Waals surface area contributed by atoms with Gasteiger partial charge in [-0.25, -0.2) is 0 Å². The van der Waals surface area contributed by atoms with Crippen LogP contribution >= 0.6 is 0 Å². The Balaban J connectivity index is 1.12. The molecule has 7 aromatic carbocycles. The third-order valence-corrected chi connectivity index (χ3v) is 14.8. The number of phenols is 1. The van der Waals surface area contributed by atoms with Crippen LogP contribution in [0.3, 0.4) is 0 Å². The van der Waals surface area contributed by atoms with Gasteiger partial charge in [-0.2, -0.15) is 59.2 Å². The fraction of sp³-hybridized carbons (Fsp3) is 0.184. The molecule has 0 heterocycles. The lowest BCUT2D eigenvalue weighted by Gasteiger charge is -2.12. The molecule has 0 spiro atoms. The highest BCUT2D eigenvalue weighted by molar-refractivity contribution is 7.87. The average Bonchev–Trinajstić information content (AvgIpc) is 3.35. The van der Waals surface area contributed by atoms with Crippen LogP contribution in [0.1, 0.15) is 34.2 Å². The van der Waals surface area contributed by atoms with Gasteiger partial charge in [0.25, 0.3) is 40.5 Å². The van der Waals surface area contributed by atoms with E-state index in [1.165, 1.54) is 18.2 Å². The van der Waals surface area contributed by atoms with Crippen molar-refractivity contribution in [2.45, 2.75) is 55.7 Å². The second-order valence-electron chi connectivity index (χ2n) is 17.2. The van der Waals surface area contributed by atoms with Gasteiger partial charge in [0.2, 0.25) is 0 Å². The summed E-state index contributed by atoms with van der Waals surface area (Å²) in [5.74, 6) is -0.455. The molecule has 0 atom stereocenters. The fourth-order valence-corrected chi connectivity index (χ4v) is 9.70. The minimum absolute atomic E-state index is 0.0156. The molecule has 7 rings (SSSR count). The number of azo groups is 4. The lowest BCUT2D eigenvalue weighted by Crippen LogP contribution is -2.08. The number of fused-ring (bicyclic) bond motifs is 1. The first-order valence-corrected chi connectivity index (χ1v) is 28.4. The predicted octanol–water partition coefficient (Wildman–Crippen LogP) is 12.9. The van der Waals surface area contributed by atoms with Crippen molar-refractivity contribution in [3.05, 3.63) is 131 Å². The number of hydrogen-bond donors (Lipinski definition) is 6. The molecule has 0 amide bonds. The number of aryl methyl sites for hydroxylation is 5. The Kier molecular flexibility index (Phi) is 16.7. The zero-order chi connectivity index (χ0) is 56.2. The molecule has 6 N–H and O–H groups in total. The fourth-order valence-electron chi connectivity index (χ4n) is 7.32. The lowest BCUT2D eigenvalue weighted by molar-refractivity contribution is 0.317. The van der Waals surface area contributed by atoms with Crippen molar-refractivity contribution in [1.82, 2.24) is 0 Å². The van der Waals surface area contributed by atoms with Gasteiger partial charge in [0.05, 0.1) is 52.8 Å². The van der Waals surface area contributed by atoms with Gasteiger partial charge in [0.1, 0.15) is 38.4 Å². The number of ether oxygens (including phenoxy) is 2. The van der Waals surface area contributed by atoms with Crippen molar-refractivity contribution in [2.24, 2.45) is 40.9 Å². The Bertz CT molecular complexity index is 4080. The van der Waals surface area contributed by atoms with E-state index in [4.69, 9.17) is 9.47 Å². The molecule has 7 aromatic rings. The van der Waals surface area contributed by atoms with Crippen LogP contribution in [-0.2, 0) is 40.5 Å². The van der Waals surface area contributed by atoms with E-state index in [0.717, 1.165) is 17.8 Å². The van der Waals surface area contributed by atoms with E-state index < -0.39 is 78.0 Å². The van der Waals surface area contributed by atoms with Crippen molar-refractivity contribution in [2.75, 3.05) is 24.8 Å². The summed E-state index contributed by atoms with van der Waals surface area (Å²) >= 11 is 0. The number of aromatic hydroxyl groups is 1. The van der Waals surface area contributed by atoms with Gasteiger partial charge < -0.3 is 19.9 Å². The minimum atomic E-state index is -5.06. The molecule has 0 aliphatic rings. The van der Waals surface area contributed by atoms with E-state index in [9.17, 15) is 57.0 Å². The molecule has 0 aromatic heterocycles. The summed E-state index contributed by atoms with van der Waals surface area (Å²) < 4.78 is 145. The number of anilines is 2. The standard InChI is InChI=1S/C49H47N9O15S4/c1-27-19-41(54-57-44-22-31(5)43(26-45(44)73-16-7-17-74(60,61)62)55-51-38-15-13-36(75(63,64)65)25-46(38)76(66,67)68)28(2)18-39(27)52-53-40-20-30(4)42(21-29(40)3)56-58-48-47(77(69,70)71)24-32-23-34(10-14-37(32)49(48)59)50-33-8-11-35(72-6)12-9-33/h8-15,18-26,50,59H,7,16-17H2,1-6H3,(H,60,61,62)(H,63,64,65)(H,66,67,68)(H,69,70,71)/b53-52?,55-51?,57-54?,58-56+. The van der Waals surface area contributed by atoms with Gasteiger partial charge in [-0.05, 0) is 171 Å². The van der Waals surface area contributed by atoms with Gasteiger partial charge in [-0.3, -0.25) is 18.2 Å². The maximum absolute atomic E-state index is 12.6. The third-order valence-electron chi connectivity index (χ3n) is 11.4. The highest BCUT2D eigenvalue weighted by atomic mass is 32.2. The van der Waals surface area contributed by atoms with E-state index in [2.05, 4.69) is 46.2 Å². The van der Waals surface area contributed by atoms with Crippen LogP contribution in [0.25, 0.3) is 10.8 Å². The summed E-state index contributed by atoms with van der Waals surface area (Å²) in [7, 11) is -17.6.